The van der Waals surface area contributed by atoms with Crippen LogP contribution in [-0.4, -0.2) is 26.2 Å². The van der Waals surface area contributed by atoms with E-state index in [0.717, 1.165) is 16.3 Å². The molecule has 4 aromatic rings. The number of rotatable bonds is 7. The summed E-state index contributed by atoms with van der Waals surface area (Å²) < 4.78 is 3.74. The molecule has 3 aromatic carbocycles. The molecular weight excluding hydrogens is 434 g/mol. The Bertz CT molecular complexity index is 1390. The van der Waals surface area contributed by atoms with Crippen molar-refractivity contribution >= 4 is 40.5 Å². The van der Waals surface area contributed by atoms with E-state index in [2.05, 4.69) is 15.7 Å². The van der Waals surface area contributed by atoms with Crippen LogP contribution in [0.5, 0.6) is 0 Å². The summed E-state index contributed by atoms with van der Waals surface area (Å²) in [6.45, 7) is 4.62. The number of carbonyl (C=O) groups is 2. The lowest BCUT2D eigenvalue weighted by molar-refractivity contribution is -0.116. The van der Waals surface area contributed by atoms with E-state index in [0.29, 0.717) is 28.4 Å². The average molecular weight is 460 g/mol. The summed E-state index contributed by atoms with van der Waals surface area (Å²) >= 11 is 5.52. The number of hydrogen-bond acceptors (Lipinski definition) is 4. The second kappa shape index (κ2) is 9.79. The number of carbonyl (C=O) groups excluding carboxylic acids is 2. The molecule has 0 aliphatic heterocycles. The van der Waals surface area contributed by atoms with Crippen LogP contribution in [0.2, 0.25) is 0 Å². The van der Waals surface area contributed by atoms with Crippen molar-refractivity contribution in [2.75, 3.05) is 5.32 Å². The predicted octanol–water partition coefficient (Wildman–Crippen LogP) is 4.46. The van der Waals surface area contributed by atoms with Gasteiger partial charge in [-0.05, 0) is 60.6 Å². The fourth-order valence-electron chi connectivity index (χ4n) is 3.72. The smallest absolute Gasteiger partial charge is 0.251 e. The van der Waals surface area contributed by atoms with Gasteiger partial charge in [0.2, 0.25) is 5.91 Å². The minimum absolute atomic E-state index is 0.0165. The minimum Gasteiger partial charge on any atom is -0.345 e. The first-order valence-electron chi connectivity index (χ1n) is 10.7. The summed E-state index contributed by atoms with van der Waals surface area (Å²) in [6.07, 6.45) is 0. The number of aryl methyl sites for hydroxylation is 1. The second-order valence-electron chi connectivity index (χ2n) is 7.71. The number of hydrogen-bond donors (Lipinski definition) is 2. The number of nitrogens with zero attached hydrogens (tertiary/aromatic N) is 3. The van der Waals surface area contributed by atoms with Gasteiger partial charge in [0.05, 0.1) is 6.54 Å². The first-order valence-corrected chi connectivity index (χ1v) is 11.2. The van der Waals surface area contributed by atoms with E-state index >= 15 is 0 Å². The molecule has 0 saturated heterocycles. The maximum atomic E-state index is 12.7. The molecule has 0 radical (unpaired) electrons. The molecule has 0 unspecified atom stereocenters. The van der Waals surface area contributed by atoms with Crippen molar-refractivity contribution in [1.82, 2.24) is 19.7 Å². The Morgan fingerprint density at radius 1 is 1.00 bits per heavy atom. The monoisotopic (exact) mass is 459 g/mol. The first-order chi connectivity index (χ1) is 16.0. The second-order valence-corrected chi connectivity index (χ2v) is 8.07. The summed E-state index contributed by atoms with van der Waals surface area (Å²) in [6, 6.07) is 21.1. The Balaban J connectivity index is 1.45. The number of amides is 2. The zero-order valence-electron chi connectivity index (χ0n) is 18.5. The highest BCUT2D eigenvalue weighted by Gasteiger charge is 2.15. The van der Waals surface area contributed by atoms with Crippen molar-refractivity contribution < 1.29 is 9.59 Å². The molecule has 8 heteroatoms. The molecule has 0 saturated carbocycles. The topological polar surface area (TPSA) is 81.0 Å². The van der Waals surface area contributed by atoms with Crippen LogP contribution >= 0.6 is 12.2 Å². The van der Waals surface area contributed by atoms with Gasteiger partial charge in [-0.25, -0.2) is 4.68 Å². The Labute approximate surface area is 197 Å². The third kappa shape index (κ3) is 5.01. The number of anilines is 1. The van der Waals surface area contributed by atoms with Crippen LogP contribution in [-0.2, 0) is 24.4 Å². The first kappa shape index (κ1) is 22.4. The zero-order valence-corrected chi connectivity index (χ0v) is 19.4. The van der Waals surface area contributed by atoms with Gasteiger partial charge in [0.1, 0.15) is 6.54 Å². The van der Waals surface area contributed by atoms with Gasteiger partial charge in [0.15, 0.2) is 10.6 Å². The lowest BCUT2D eigenvalue weighted by Crippen LogP contribution is -2.25. The molecule has 0 bridgehead atoms. The van der Waals surface area contributed by atoms with E-state index in [1.54, 1.807) is 6.07 Å². The third-order valence-electron chi connectivity index (χ3n) is 5.44. The van der Waals surface area contributed by atoms with Gasteiger partial charge in [-0.15, -0.1) is 0 Å². The molecule has 1 aromatic heterocycles. The van der Waals surface area contributed by atoms with Crippen LogP contribution in [0, 0.1) is 11.7 Å². The average Bonchev–Trinajstić information content (AvgIpc) is 3.11. The highest BCUT2D eigenvalue weighted by molar-refractivity contribution is 7.71. The van der Waals surface area contributed by atoms with Crippen LogP contribution in [0.25, 0.3) is 10.8 Å². The number of benzene rings is 3. The Morgan fingerprint density at radius 3 is 2.48 bits per heavy atom. The van der Waals surface area contributed by atoms with E-state index in [9.17, 15) is 9.59 Å². The summed E-state index contributed by atoms with van der Waals surface area (Å²) in [5.41, 5.74) is 2.23. The molecular formula is C25H25N5O2S. The summed E-state index contributed by atoms with van der Waals surface area (Å²) in [7, 11) is 0. The van der Waals surface area contributed by atoms with Crippen LogP contribution in [0.4, 0.5) is 5.69 Å². The SMILES string of the molecule is CCn1c(CNC(=O)c2ccccc2C)nn(CC(=O)Nc2ccc3ccccc3c2)c1=S. The summed E-state index contributed by atoms with van der Waals surface area (Å²) in [5.74, 6) is 0.200. The van der Waals surface area contributed by atoms with Gasteiger partial charge in [0, 0.05) is 17.8 Å². The van der Waals surface area contributed by atoms with Crippen LogP contribution in [0.3, 0.4) is 0 Å². The molecule has 168 valence electrons. The molecule has 2 N–H and O–H groups in total. The maximum Gasteiger partial charge on any atom is 0.251 e. The predicted molar refractivity (Wildman–Crippen MR) is 132 cm³/mol. The fraction of sp³-hybridized carbons (Fsp3) is 0.200. The van der Waals surface area contributed by atoms with Gasteiger partial charge in [-0.1, -0.05) is 48.5 Å². The Hall–Kier alpha value is -3.78. The van der Waals surface area contributed by atoms with Crippen molar-refractivity contribution in [2.45, 2.75) is 33.5 Å². The van der Waals surface area contributed by atoms with Crippen molar-refractivity contribution in [3.63, 3.8) is 0 Å². The molecule has 0 aliphatic carbocycles. The van der Waals surface area contributed by atoms with E-state index in [1.807, 2.05) is 79.1 Å². The van der Waals surface area contributed by atoms with Gasteiger partial charge in [-0.3, -0.25) is 9.59 Å². The van der Waals surface area contributed by atoms with Gasteiger partial charge in [-0.2, -0.15) is 5.10 Å². The molecule has 1 heterocycles. The third-order valence-corrected chi connectivity index (χ3v) is 5.87. The molecule has 0 atom stereocenters. The Kier molecular flexibility index (Phi) is 6.65. The number of fused-ring (bicyclic) bond motifs is 1. The quantitative estimate of drug-likeness (QED) is 0.400. The van der Waals surface area contributed by atoms with Crippen molar-refractivity contribution in [1.29, 1.82) is 0 Å². The molecule has 4 rings (SSSR count). The van der Waals surface area contributed by atoms with Gasteiger partial charge < -0.3 is 15.2 Å². The largest absolute Gasteiger partial charge is 0.345 e. The maximum absolute atomic E-state index is 12.7. The minimum atomic E-state index is -0.224. The normalized spacial score (nSPS) is 10.8. The van der Waals surface area contributed by atoms with Crippen molar-refractivity contribution in [3.05, 3.63) is 88.5 Å². The van der Waals surface area contributed by atoms with Gasteiger partial charge >= 0.3 is 0 Å². The van der Waals surface area contributed by atoms with Crippen molar-refractivity contribution in [3.8, 4) is 0 Å². The van der Waals surface area contributed by atoms with E-state index < -0.39 is 0 Å². The van der Waals surface area contributed by atoms with Crippen LogP contribution in [0.1, 0.15) is 28.7 Å². The highest BCUT2D eigenvalue weighted by atomic mass is 32.1. The summed E-state index contributed by atoms with van der Waals surface area (Å²) in [5, 5.41) is 12.5. The van der Waals surface area contributed by atoms with Crippen molar-refractivity contribution in [2.24, 2.45) is 0 Å². The zero-order chi connectivity index (χ0) is 23.4. The molecule has 7 nitrogen and oxygen atoms in total. The Morgan fingerprint density at radius 2 is 1.73 bits per heavy atom. The molecule has 0 spiro atoms. The highest BCUT2D eigenvalue weighted by Crippen LogP contribution is 2.19. The molecule has 0 aliphatic rings. The van der Waals surface area contributed by atoms with Crippen LogP contribution in [0.15, 0.2) is 66.7 Å². The lowest BCUT2D eigenvalue weighted by Gasteiger charge is -2.07. The number of aromatic nitrogens is 3. The van der Waals surface area contributed by atoms with E-state index in [4.69, 9.17) is 12.2 Å². The molecule has 2 amide bonds. The van der Waals surface area contributed by atoms with Crippen LogP contribution < -0.4 is 10.6 Å². The van der Waals surface area contributed by atoms with E-state index in [-0.39, 0.29) is 24.9 Å². The molecule has 0 fully saturated rings. The standard InChI is InChI=1S/C25H25N5O2S/c1-3-29-22(15-26-24(32)21-11-7-4-8-17(21)2)28-30(25(29)33)16-23(31)27-20-13-12-18-9-5-6-10-19(18)14-20/h4-14H,3,15-16H2,1-2H3,(H,26,32)(H,27,31). The summed E-state index contributed by atoms with van der Waals surface area (Å²) in [4.78, 5) is 25.2. The molecule has 33 heavy (non-hydrogen) atoms. The lowest BCUT2D eigenvalue weighted by atomic mass is 10.1. The van der Waals surface area contributed by atoms with Gasteiger partial charge in [0.25, 0.3) is 5.91 Å². The number of nitrogens with one attached hydrogen (secondary N) is 2. The van der Waals surface area contributed by atoms with E-state index in [1.165, 1.54) is 4.68 Å². The fourth-order valence-corrected chi connectivity index (χ4v) is 4.06.